The summed E-state index contributed by atoms with van der Waals surface area (Å²) in [7, 11) is 0. The van der Waals surface area contributed by atoms with E-state index in [0.29, 0.717) is 11.7 Å². The monoisotopic (exact) mass is 340 g/mol. The van der Waals surface area contributed by atoms with Crippen LogP contribution in [0.25, 0.3) is 11.4 Å². The minimum Gasteiger partial charge on any atom is -0.336 e. The number of nitrogens with one attached hydrogen (secondary N) is 1. The molecule has 1 aromatic heterocycles. The quantitative estimate of drug-likeness (QED) is 0.871. The molecule has 0 spiro atoms. The molecule has 0 saturated carbocycles. The third-order valence-corrected chi connectivity index (χ3v) is 4.36. The van der Waals surface area contributed by atoms with Crippen molar-refractivity contribution in [3.05, 3.63) is 29.8 Å². The zero-order valence-corrected chi connectivity index (χ0v) is 15.3. The first-order valence-electron chi connectivity index (χ1n) is 8.35. The first-order valence-corrected chi connectivity index (χ1v) is 8.35. The smallest absolute Gasteiger partial charge is 0.244 e. The van der Waals surface area contributed by atoms with Gasteiger partial charge in [-0.15, -0.1) is 10.2 Å². The van der Waals surface area contributed by atoms with Gasteiger partial charge in [0.25, 0.3) is 0 Å². The van der Waals surface area contributed by atoms with Crippen molar-refractivity contribution < 1.29 is 4.79 Å². The van der Waals surface area contributed by atoms with Crippen LogP contribution in [-0.4, -0.2) is 31.7 Å². The number of amides is 1. The normalized spacial score (nSPS) is 13.5. The van der Waals surface area contributed by atoms with Crippen molar-refractivity contribution >= 4 is 5.91 Å². The summed E-state index contributed by atoms with van der Waals surface area (Å²) in [5.41, 5.74) is 1.16. The molecule has 7 nitrogen and oxygen atoms in total. The van der Waals surface area contributed by atoms with Gasteiger partial charge in [-0.25, -0.2) is 0 Å². The van der Waals surface area contributed by atoms with Crippen LogP contribution in [0.4, 0.5) is 0 Å². The Morgan fingerprint density at radius 3 is 2.44 bits per heavy atom. The van der Waals surface area contributed by atoms with Crippen LogP contribution in [0, 0.1) is 17.2 Å². The lowest BCUT2D eigenvalue weighted by molar-refractivity contribution is -0.123. The lowest BCUT2D eigenvalue weighted by atomic mass is 9.90. The highest BCUT2D eigenvalue weighted by molar-refractivity contribution is 5.77. The van der Waals surface area contributed by atoms with Crippen LogP contribution < -0.4 is 5.32 Å². The molecule has 25 heavy (non-hydrogen) atoms. The van der Waals surface area contributed by atoms with E-state index in [1.165, 1.54) is 10.4 Å². The van der Waals surface area contributed by atoms with E-state index in [9.17, 15) is 10.1 Å². The Morgan fingerprint density at radius 1 is 1.28 bits per heavy atom. The van der Waals surface area contributed by atoms with Crippen molar-refractivity contribution in [2.24, 2.45) is 5.92 Å². The maximum atomic E-state index is 12.2. The Balaban J connectivity index is 2.06. The van der Waals surface area contributed by atoms with Crippen molar-refractivity contribution in [2.75, 3.05) is 0 Å². The average molecular weight is 340 g/mol. The number of aromatic nitrogens is 4. The van der Waals surface area contributed by atoms with E-state index < -0.39 is 5.54 Å². The predicted octanol–water partition coefficient (Wildman–Crippen LogP) is 2.52. The largest absolute Gasteiger partial charge is 0.336 e. The Labute approximate surface area is 148 Å². The number of benzene rings is 1. The maximum Gasteiger partial charge on any atom is 0.244 e. The first-order chi connectivity index (χ1) is 11.7. The van der Waals surface area contributed by atoms with Gasteiger partial charge < -0.3 is 5.32 Å². The summed E-state index contributed by atoms with van der Waals surface area (Å²) in [5, 5.41) is 24.2. The van der Waals surface area contributed by atoms with Gasteiger partial charge in [0.15, 0.2) is 0 Å². The zero-order valence-electron chi connectivity index (χ0n) is 15.3. The second-order valence-corrected chi connectivity index (χ2v) is 6.94. The molecule has 0 bridgehead atoms. The van der Waals surface area contributed by atoms with Gasteiger partial charge in [0.1, 0.15) is 12.1 Å². The van der Waals surface area contributed by atoms with Crippen LogP contribution in [0.1, 0.15) is 46.1 Å². The SMILES string of the molecule is CC(C)c1ccc(-c2nnn(CC(=O)N[C@@](C)(C#N)C(C)C)n2)cc1. The van der Waals surface area contributed by atoms with Crippen LogP contribution in [-0.2, 0) is 11.3 Å². The van der Waals surface area contributed by atoms with Crippen LogP contribution in [0.15, 0.2) is 24.3 Å². The molecule has 1 heterocycles. The highest BCUT2D eigenvalue weighted by Gasteiger charge is 2.30. The van der Waals surface area contributed by atoms with E-state index in [1.54, 1.807) is 6.92 Å². The Bertz CT molecular complexity index is 772. The van der Waals surface area contributed by atoms with Crippen LogP contribution in [0.3, 0.4) is 0 Å². The van der Waals surface area contributed by atoms with Gasteiger partial charge in [0.2, 0.25) is 11.7 Å². The minimum atomic E-state index is -0.923. The molecule has 0 radical (unpaired) electrons. The number of nitriles is 1. The molecule has 0 aliphatic carbocycles. The molecule has 1 amide bonds. The molecule has 0 fully saturated rings. The molecule has 0 saturated heterocycles. The van der Waals surface area contributed by atoms with Crippen molar-refractivity contribution in [3.63, 3.8) is 0 Å². The van der Waals surface area contributed by atoms with E-state index >= 15 is 0 Å². The van der Waals surface area contributed by atoms with Gasteiger partial charge >= 0.3 is 0 Å². The summed E-state index contributed by atoms with van der Waals surface area (Å²) in [6.45, 7) is 9.65. The van der Waals surface area contributed by atoms with Crippen LogP contribution in [0.2, 0.25) is 0 Å². The number of nitrogens with zero attached hydrogens (tertiary/aromatic N) is 5. The highest BCUT2D eigenvalue weighted by Crippen LogP contribution is 2.19. The fourth-order valence-electron chi connectivity index (χ4n) is 2.20. The first kappa shape index (κ1) is 18.6. The molecule has 0 aliphatic heterocycles. The van der Waals surface area contributed by atoms with E-state index in [1.807, 2.05) is 38.1 Å². The Hall–Kier alpha value is -2.75. The summed E-state index contributed by atoms with van der Waals surface area (Å²) in [4.78, 5) is 13.4. The number of carbonyl (C=O) groups excluding carboxylic acids is 1. The summed E-state index contributed by atoms with van der Waals surface area (Å²) < 4.78 is 0. The fraction of sp³-hybridized carbons (Fsp3) is 0.500. The number of tetrazole rings is 1. The van der Waals surface area contributed by atoms with Gasteiger partial charge in [-0.3, -0.25) is 4.79 Å². The second kappa shape index (κ2) is 7.43. The zero-order chi connectivity index (χ0) is 18.6. The molecule has 1 aromatic carbocycles. The molecular weight excluding hydrogens is 316 g/mol. The average Bonchev–Trinajstić information content (AvgIpc) is 3.02. The van der Waals surface area contributed by atoms with Crippen molar-refractivity contribution in [3.8, 4) is 17.5 Å². The highest BCUT2D eigenvalue weighted by atomic mass is 16.2. The summed E-state index contributed by atoms with van der Waals surface area (Å²) in [6.07, 6.45) is 0. The lowest BCUT2D eigenvalue weighted by Crippen LogP contribution is -2.50. The third kappa shape index (κ3) is 4.41. The summed E-state index contributed by atoms with van der Waals surface area (Å²) >= 11 is 0. The van der Waals surface area contributed by atoms with Crippen LogP contribution >= 0.6 is 0 Å². The van der Waals surface area contributed by atoms with E-state index in [2.05, 4.69) is 40.6 Å². The lowest BCUT2D eigenvalue weighted by Gasteiger charge is -2.27. The third-order valence-electron chi connectivity index (χ3n) is 4.36. The van der Waals surface area contributed by atoms with Crippen LogP contribution in [0.5, 0.6) is 0 Å². The molecule has 1 atom stereocenters. The van der Waals surface area contributed by atoms with Gasteiger partial charge in [-0.1, -0.05) is 52.0 Å². The minimum absolute atomic E-state index is 0.0137. The standard InChI is InChI=1S/C18H24N6O/c1-12(2)14-6-8-15(9-7-14)17-21-23-24(22-17)10-16(25)20-18(5,11-19)13(3)4/h6-9,12-13H,10H2,1-5H3,(H,20,25)/t18-/m0/s1. The number of hydrogen-bond donors (Lipinski definition) is 1. The molecule has 0 unspecified atom stereocenters. The Morgan fingerprint density at radius 2 is 1.92 bits per heavy atom. The van der Waals surface area contributed by atoms with Crippen molar-refractivity contribution in [2.45, 2.75) is 52.6 Å². The Kier molecular flexibility index (Phi) is 5.52. The molecule has 2 aromatic rings. The van der Waals surface area contributed by atoms with Crippen molar-refractivity contribution in [1.29, 1.82) is 5.26 Å². The molecule has 0 aliphatic rings. The predicted molar refractivity (Wildman–Crippen MR) is 94.3 cm³/mol. The van der Waals surface area contributed by atoms with Gasteiger partial charge in [0.05, 0.1) is 6.07 Å². The fourth-order valence-corrected chi connectivity index (χ4v) is 2.20. The molecule has 7 heteroatoms. The summed E-state index contributed by atoms with van der Waals surface area (Å²) in [5.74, 6) is 0.587. The van der Waals surface area contributed by atoms with Gasteiger partial charge in [-0.2, -0.15) is 10.1 Å². The molecule has 132 valence electrons. The van der Waals surface area contributed by atoms with E-state index in [4.69, 9.17) is 0 Å². The topological polar surface area (TPSA) is 96.5 Å². The van der Waals surface area contributed by atoms with Gasteiger partial charge in [0, 0.05) is 5.56 Å². The molecule has 2 rings (SSSR count). The second-order valence-electron chi connectivity index (χ2n) is 6.94. The van der Waals surface area contributed by atoms with E-state index in [0.717, 1.165) is 5.56 Å². The van der Waals surface area contributed by atoms with Gasteiger partial charge in [-0.05, 0) is 29.5 Å². The number of hydrogen-bond acceptors (Lipinski definition) is 5. The van der Waals surface area contributed by atoms with Crippen molar-refractivity contribution in [1.82, 2.24) is 25.5 Å². The van der Waals surface area contributed by atoms with E-state index in [-0.39, 0.29) is 18.4 Å². The summed E-state index contributed by atoms with van der Waals surface area (Å²) in [6, 6.07) is 10.1. The number of carbonyl (C=O) groups is 1. The maximum absolute atomic E-state index is 12.2. The number of rotatable bonds is 6. The molecular formula is C18H24N6O. The molecule has 1 N–H and O–H groups in total.